The lowest BCUT2D eigenvalue weighted by molar-refractivity contribution is -0.0603. The van der Waals surface area contributed by atoms with Crippen LogP contribution in [0.2, 0.25) is 0 Å². The van der Waals surface area contributed by atoms with Crippen LogP contribution in [0.4, 0.5) is 5.69 Å². The number of rotatable bonds is 8. The number of aromatic carboxylic acids is 1. The molecule has 0 amide bonds. The number of methoxy groups -OCH3 is 1. The molecule has 0 spiro atoms. The van der Waals surface area contributed by atoms with E-state index in [0.717, 1.165) is 34.8 Å². The van der Waals surface area contributed by atoms with Crippen LogP contribution in [0.1, 0.15) is 67.8 Å². The summed E-state index contributed by atoms with van der Waals surface area (Å²) in [6.07, 6.45) is 9.74. The normalized spacial score (nSPS) is 27.9. The molecular weight excluding hydrogens is 438 g/mol. The van der Waals surface area contributed by atoms with Gasteiger partial charge in [-0.1, -0.05) is 12.1 Å². The zero-order valence-electron chi connectivity index (χ0n) is 20.8. The summed E-state index contributed by atoms with van der Waals surface area (Å²) < 4.78 is 5.36. The molecule has 4 aliphatic rings. The van der Waals surface area contributed by atoms with Gasteiger partial charge in [0.05, 0.1) is 19.2 Å². The maximum Gasteiger partial charge on any atom is 0.335 e. The monoisotopic (exact) mass is 475 g/mol. The lowest BCUT2D eigenvalue weighted by atomic mass is 9.48. The number of nitrogens with one attached hydrogen (secondary N) is 2. The number of benzene rings is 2. The van der Waals surface area contributed by atoms with Crippen molar-refractivity contribution < 1.29 is 14.6 Å². The Bertz CT molecular complexity index is 1040. The van der Waals surface area contributed by atoms with Crippen molar-refractivity contribution in [3.05, 3.63) is 59.7 Å². The summed E-state index contributed by atoms with van der Waals surface area (Å²) in [4.78, 5) is 16.1. The minimum absolute atomic E-state index is 0.272. The van der Waals surface area contributed by atoms with Crippen molar-refractivity contribution in [1.82, 2.24) is 5.32 Å². The summed E-state index contributed by atoms with van der Waals surface area (Å²) in [5, 5.41) is 16.3. The Morgan fingerprint density at radius 3 is 2.34 bits per heavy atom. The van der Waals surface area contributed by atoms with E-state index in [4.69, 9.17) is 9.73 Å². The molecule has 0 radical (unpaired) electrons. The molecule has 4 aliphatic carbocycles. The summed E-state index contributed by atoms with van der Waals surface area (Å²) in [5.74, 6) is 3.44. The fourth-order valence-electron chi connectivity index (χ4n) is 7.37. The summed E-state index contributed by atoms with van der Waals surface area (Å²) >= 11 is 0. The molecule has 2 aromatic rings. The number of nitrogens with zero attached hydrogens (tertiary/aromatic N) is 1. The SMILES string of the molecule is COc1cccc(CN=C(Nc2ccc(C(=O)O)cc2)N[C@H](C)CC23CC4CC(CC(C4)C2)C3)c1. The Morgan fingerprint density at radius 2 is 1.74 bits per heavy atom. The highest BCUT2D eigenvalue weighted by atomic mass is 16.5. The van der Waals surface area contributed by atoms with Crippen molar-refractivity contribution in [2.45, 2.75) is 64.5 Å². The second kappa shape index (κ2) is 9.92. The Labute approximate surface area is 208 Å². The summed E-state index contributed by atoms with van der Waals surface area (Å²) in [6.45, 7) is 2.79. The smallest absolute Gasteiger partial charge is 0.335 e. The second-order valence-corrected chi connectivity index (χ2v) is 11.2. The van der Waals surface area contributed by atoms with Gasteiger partial charge < -0.3 is 20.5 Å². The van der Waals surface area contributed by atoms with Gasteiger partial charge in [0.1, 0.15) is 5.75 Å². The highest BCUT2D eigenvalue weighted by Crippen LogP contribution is 2.61. The van der Waals surface area contributed by atoms with Crippen molar-refractivity contribution in [3.63, 3.8) is 0 Å². The molecular formula is C29H37N3O3. The van der Waals surface area contributed by atoms with Crippen LogP contribution in [-0.4, -0.2) is 30.2 Å². The van der Waals surface area contributed by atoms with Crippen molar-refractivity contribution in [3.8, 4) is 5.75 Å². The molecule has 35 heavy (non-hydrogen) atoms. The van der Waals surface area contributed by atoms with Gasteiger partial charge in [0, 0.05) is 11.7 Å². The molecule has 0 aliphatic heterocycles. The predicted molar refractivity (Wildman–Crippen MR) is 139 cm³/mol. The molecule has 0 heterocycles. The van der Waals surface area contributed by atoms with E-state index < -0.39 is 5.97 Å². The van der Waals surface area contributed by atoms with E-state index in [1.54, 1.807) is 31.4 Å². The third-order valence-electron chi connectivity index (χ3n) is 8.24. The number of hydrogen-bond acceptors (Lipinski definition) is 3. The Kier molecular flexibility index (Phi) is 6.72. The van der Waals surface area contributed by atoms with Gasteiger partial charge in [-0.05, 0) is 117 Å². The third-order valence-corrected chi connectivity index (χ3v) is 8.24. The number of carboxylic acids is 1. The van der Waals surface area contributed by atoms with Crippen molar-refractivity contribution in [2.75, 3.05) is 12.4 Å². The number of guanidine groups is 1. The summed E-state index contributed by atoms with van der Waals surface area (Å²) in [7, 11) is 1.67. The summed E-state index contributed by atoms with van der Waals surface area (Å²) in [5.41, 5.74) is 2.64. The molecule has 0 unspecified atom stereocenters. The van der Waals surface area contributed by atoms with Gasteiger partial charge in [-0.25, -0.2) is 9.79 Å². The third kappa shape index (κ3) is 5.63. The molecule has 2 aromatic carbocycles. The van der Waals surface area contributed by atoms with Crippen LogP contribution in [-0.2, 0) is 6.54 Å². The maximum atomic E-state index is 11.2. The quantitative estimate of drug-likeness (QED) is 0.325. The molecule has 6 rings (SSSR count). The van der Waals surface area contributed by atoms with Gasteiger partial charge in [-0.2, -0.15) is 0 Å². The van der Waals surface area contributed by atoms with E-state index >= 15 is 0 Å². The van der Waals surface area contributed by atoms with Gasteiger partial charge in [0.2, 0.25) is 0 Å². The molecule has 186 valence electrons. The largest absolute Gasteiger partial charge is 0.497 e. The van der Waals surface area contributed by atoms with E-state index in [-0.39, 0.29) is 5.56 Å². The number of carboxylic acid groups (broad SMARTS) is 1. The van der Waals surface area contributed by atoms with Crippen LogP contribution < -0.4 is 15.4 Å². The minimum Gasteiger partial charge on any atom is -0.497 e. The zero-order valence-corrected chi connectivity index (χ0v) is 20.8. The molecule has 0 aromatic heterocycles. The highest BCUT2D eigenvalue weighted by Gasteiger charge is 2.51. The number of ether oxygens (including phenoxy) is 1. The molecule has 1 atom stereocenters. The average Bonchev–Trinajstić information content (AvgIpc) is 2.81. The standard InChI is InChI=1S/C29H37N3O3/c1-19(14-29-15-21-10-22(16-29)12-23(11-21)17-29)31-28(30-18-20-4-3-5-26(13-20)35-2)32-25-8-6-24(7-9-25)27(33)34/h3-9,13,19,21-23H,10-12,14-18H2,1-2H3,(H,33,34)(H2,30,31,32)/t19-,21?,22?,23?,29?/m1/s1. The van der Waals surface area contributed by atoms with Crippen LogP contribution in [0.15, 0.2) is 53.5 Å². The molecule has 0 saturated heterocycles. The van der Waals surface area contributed by atoms with Gasteiger partial charge in [0.15, 0.2) is 5.96 Å². The fraction of sp³-hybridized carbons (Fsp3) is 0.517. The number of anilines is 1. The number of hydrogen-bond donors (Lipinski definition) is 3. The first-order valence-electron chi connectivity index (χ1n) is 12.9. The van der Waals surface area contributed by atoms with Gasteiger partial charge >= 0.3 is 5.97 Å². The fourth-order valence-corrected chi connectivity index (χ4v) is 7.37. The molecule has 6 nitrogen and oxygen atoms in total. The van der Waals surface area contributed by atoms with E-state index in [1.807, 2.05) is 24.3 Å². The lowest BCUT2D eigenvalue weighted by Gasteiger charge is -2.57. The minimum atomic E-state index is -0.925. The molecule has 3 N–H and O–H groups in total. The van der Waals surface area contributed by atoms with Gasteiger partial charge in [-0.15, -0.1) is 0 Å². The van der Waals surface area contributed by atoms with Crippen molar-refractivity contribution >= 4 is 17.6 Å². The molecule has 6 heteroatoms. The Morgan fingerprint density at radius 1 is 1.09 bits per heavy atom. The Balaban J connectivity index is 1.30. The number of carbonyl (C=O) groups is 1. The van der Waals surface area contributed by atoms with E-state index in [0.29, 0.717) is 24.0 Å². The number of aliphatic imine (C=N–C) groups is 1. The van der Waals surface area contributed by atoms with Crippen molar-refractivity contribution in [2.24, 2.45) is 28.2 Å². The first-order chi connectivity index (χ1) is 16.9. The van der Waals surface area contributed by atoms with Gasteiger partial charge in [0.25, 0.3) is 0 Å². The first kappa shape index (κ1) is 23.7. The van der Waals surface area contributed by atoms with E-state index in [1.165, 1.54) is 44.9 Å². The van der Waals surface area contributed by atoms with Crippen LogP contribution in [0.25, 0.3) is 0 Å². The van der Waals surface area contributed by atoms with Crippen LogP contribution in [0, 0.1) is 23.2 Å². The van der Waals surface area contributed by atoms with E-state index in [2.05, 4.69) is 17.6 Å². The zero-order chi connectivity index (χ0) is 24.4. The van der Waals surface area contributed by atoms with E-state index in [9.17, 15) is 9.90 Å². The van der Waals surface area contributed by atoms with Crippen molar-refractivity contribution in [1.29, 1.82) is 0 Å². The molecule has 4 fully saturated rings. The lowest BCUT2D eigenvalue weighted by Crippen LogP contribution is -2.49. The molecule has 4 bridgehead atoms. The topological polar surface area (TPSA) is 83.0 Å². The first-order valence-corrected chi connectivity index (χ1v) is 12.9. The second-order valence-electron chi connectivity index (χ2n) is 11.2. The van der Waals surface area contributed by atoms with Crippen LogP contribution in [0.5, 0.6) is 5.75 Å². The average molecular weight is 476 g/mol. The highest BCUT2D eigenvalue weighted by molar-refractivity contribution is 5.94. The maximum absolute atomic E-state index is 11.2. The van der Waals surface area contributed by atoms with Crippen LogP contribution >= 0.6 is 0 Å². The van der Waals surface area contributed by atoms with Crippen LogP contribution in [0.3, 0.4) is 0 Å². The van der Waals surface area contributed by atoms with Gasteiger partial charge in [-0.3, -0.25) is 0 Å². The Hall–Kier alpha value is -3.02. The predicted octanol–water partition coefficient (Wildman–Crippen LogP) is 5.95. The molecule has 4 saturated carbocycles. The summed E-state index contributed by atoms with van der Waals surface area (Å²) in [6, 6.07) is 15.1.